The van der Waals surface area contributed by atoms with E-state index in [0.29, 0.717) is 52.3 Å². The zero-order valence-corrected chi connectivity index (χ0v) is 26.3. The Kier molecular flexibility index (Phi) is 10.4. The molecule has 3 rings (SSSR count). The third-order valence-electron chi connectivity index (χ3n) is 6.16. The minimum atomic E-state index is -3.65. The molecule has 2 heterocycles. The summed E-state index contributed by atoms with van der Waals surface area (Å²) in [5.41, 5.74) is 2.43. The van der Waals surface area contributed by atoms with Crippen molar-refractivity contribution in [3.63, 3.8) is 0 Å². The van der Waals surface area contributed by atoms with Crippen LogP contribution >= 0.6 is 30.0 Å². The van der Waals surface area contributed by atoms with E-state index in [0.717, 1.165) is 23.8 Å². The Labute approximate surface area is 238 Å². The quantitative estimate of drug-likeness (QED) is 0.136. The molecule has 3 aromatic rings. The van der Waals surface area contributed by atoms with Crippen molar-refractivity contribution in [2.24, 2.45) is 0 Å². The van der Waals surface area contributed by atoms with E-state index >= 15 is 0 Å². The molecule has 0 radical (unpaired) electrons. The minimum absolute atomic E-state index is 0.186. The summed E-state index contributed by atoms with van der Waals surface area (Å²) in [7, 11) is -4.72. The van der Waals surface area contributed by atoms with Gasteiger partial charge in [-0.25, -0.2) is 8.42 Å². The molecule has 0 aliphatic carbocycles. The van der Waals surface area contributed by atoms with Crippen LogP contribution < -0.4 is 9.62 Å². The molecule has 38 heavy (non-hydrogen) atoms. The van der Waals surface area contributed by atoms with Crippen LogP contribution in [0.3, 0.4) is 0 Å². The number of carbonyl (C=O) groups is 1. The number of nitrogens with zero attached hydrogens (tertiary/aromatic N) is 2. The number of pyridine rings is 1. The lowest BCUT2D eigenvalue weighted by Crippen LogP contribution is -2.32. The van der Waals surface area contributed by atoms with E-state index in [4.69, 9.17) is 8.94 Å². The molecule has 1 unspecified atom stereocenters. The van der Waals surface area contributed by atoms with Crippen molar-refractivity contribution in [3.05, 3.63) is 45.0 Å². The maximum Gasteiger partial charge on any atom is 0.255 e. The summed E-state index contributed by atoms with van der Waals surface area (Å²) in [6, 6.07) is 9.51. The first kappa shape index (κ1) is 30.6. The van der Waals surface area contributed by atoms with Crippen LogP contribution in [0.25, 0.3) is 22.4 Å². The number of hydrogen-bond donors (Lipinski definition) is 1. The van der Waals surface area contributed by atoms with Gasteiger partial charge in [-0.05, 0) is 60.4 Å². The summed E-state index contributed by atoms with van der Waals surface area (Å²) in [5, 5.41) is 3.18. The van der Waals surface area contributed by atoms with Gasteiger partial charge in [0.25, 0.3) is 5.91 Å². The van der Waals surface area contributed by atoms with Crippen LogP contribution in [0, 0.1) is 3.57 Å². The number of anilines is 1. The van der Waals surface area contributed by atoms with Gasteiger partial charge < -0.3 is 14.3 Å². The van der Waals surface area contributed by atoms with Crippen LogP contribution in [0.15, 0.2) is 34.7 Å². The predicted molar refractivity (Wildman–Crippen MR) is 161 cm³/mol. The Morgan fingerprint density at radius 3 is 2.45 bits per heavy atom. The maximum absolute atomic E-state index is 12.9. The van der Waals surface area contributed by atoms with Gasteiger partial charge in [-0.1, -0.05) is 37.6 Å². The number of nitrogens with one attached hydrogen (secondary N) is 1. The van der Waals surface area contributed by atoms with Crippen molar-refractivity contribution < 1.29 is 26.7 Å². The zero-order chi connectivity index (χ0) is 28.1. The molecular formula is C26H35IN3O6PS. The van der Waals surface area contributed by atoms with Gasteiger partial charge in [0.15, 0.2) is 13.2 Å². The fraction of sp³-hybridized carbons (Fsp3) is 0.462. The molecule has 0 saturated heterocycles. The molecule has 0 fully saturated rings. The third kappa shape index (κ3) is 7.37. The molecule has 0 spiro atoms. The van der Waals surface area contributed by atoms with E-state index in [1.54, 1.807) is 19.8 Å². The van der Waals surface area contributed by atoms with Crippen molar-refractivity contribution in [1.29, 1.82) is 0 Å². The number of aromatic nitrogens is 1. The van der Waals surface area contributed by atoms with E-state index in [-0.39, 0.29) is 24.0 Å². The lowest BCUT2D eigenvalue weighted by molar-refractivity contribution is 0.0964. The summed E-state index contributed by atoms with van der Waals surface area (Å²) in [6.45, 7) is 6.12. The molecule has 0 aliphatic heterocycles. The third-order valence-corrected chi connectivity index (χ3v) is 10.0. The molecule has 208 valence electrons. The lowest BCUT2D eigenvalue weighted by Gasteiger charge is -2.22. The number of halogens is 1. The van der Waals surface area contributed by atoms with Crippen LogP contribution in [-0.2, 0) is 25.5 Å². The van der Waals surface area contributed by atoms with Crippen LogP contribution in [0.5, 0.6) is 0 Å². The van der Waals surface area contributed by atoms with Crippen LogP contribution in [0.1, 0.15) is 49.0 Å². The second-order valence-corrected chi connectivity index (χ2v) is 14.9. The SMILES string of the molecule is CCOP(C)(=O)CCCCCN(c1nc2oc(-c3ccc(CC)cc3)c(C(=O)NC)c2cc1I)S(C)(=O)=O. The normalized spacial score (nSPS) is 13.4. The first-order valence-electron chi connectivity index (χ1n) is 12.5. The average molecular weight is 676 g/mol. The fourth-order valence-electron chi connectivity index (χ4n) is 4.21. The minimum Gasteiger partial charge on any atom is -0.437 e. The molecule has 12 heteroatoms. The average Bonchev–Trinajstić information content (AvgIpc) is 3.22. The molecule has 1 atom stereocenters. The van der Waals surface area contributed by atoms with E-state index in [1.165, 1.54) is 4.31 Å². The summed E-state index contributed by atoms with van der Waals surface area (Å²) in [5.74, 6) is 0.316. The van der Waals surface area contributed by atoms with Crippen molar-refractivity contribution in [1.82, 2.24) is 10.3 Å². The Bertz CT molecular complexity index is 1440. The van der Waals surface area contributed by atoms with Crippen molar-refractivity contribution in [2.45, 2.75) is 39.5 Å². The van der Waals surface area contributed by atoms with Crippen LogP contribution in [-0.4, -0.2) is 58.6 Å². The smallest absolute Gasteiger partial charge is 0.255 e. The Morgan fingerprint density at radius 1 is 1.18 bits per heavy atom. The number of hydrogen-bond acceptors (Lipinski definition) is 7. The molecule has 9 nitrogen and oxygen atoms in total. The molecule has 1 amide bonds. The standard InChI is InChI=1S/C26H35IN3O6PS/c1-6-18-11-13-19(14-12-18)23-22(25(31)28-3)20-17-21(27)24(29-26(20)36-23)30(38(5,33)34)15-9-8-10-16-37(4,32)35-7-2/h11-14,17H,6-10,15-16H2,1-5H3,(H,28,31). The highest BCUT2D eigenvalue weighted by Crippen LogP contribution is 2.43. The summed E-state index contributed by atoms with van der Waals surface area (Å²) in [6.07, 6.45) is 4.41. The number of fused-ring (bicyclic) bond motifs is 1. The lowest BCUT2D eigenvalue weighted by atomic mass is 10.0. The number of unbranched alkanes of at least 4 members (excludes halogenated alkanes) is 2. The topological polar surface area (TPSA) is 119 Å². The van der Waals surface area contributed by atoms with Crippen LogP contribution in [0.4, 0.5) is 5.82 Å². The van der Waals surface area contributed by atoms with Gasteiger partial charge in [0.2, 0.25) is 15.7 Å². The number of rotatable bonds is 13. The van der Waals surface area contributed by atoms with Gasteiger partial charge in [0.05, 0.1) is 27.4 Å². The van der Waals surface area contributed by atoms with Gasteiger partial charge in [0, 0.05) is 32.0 Å². The van der Waals surface area contributed by atoms with E-state index in [1.807, 2.05) is 53.8 Å². The number of aryl methyl sites for hydroxylation is 1. The number of benzene rings is 1. The number of sulfonamides is 1. The highest BCUT2D eigenvalue weighted by Gasteiger charge is 2.27. The summed E-state index contributed by atoms with van der Waals surface area (Å²) < 4.78 is 51.1. The van der Waals surface area contributed by atoms with Crippen molar-refractivity contribution >= 4 is 62.8 Å². The molecular weight excluding hydrogens is 640 g/mol. The largest absolute Gasteiger partial charge is 0.437 e. The van der Waals surface area contributed by atoms with E-state index < -0.39 is 17.4 Å². The maximum atomic E-state index is 12.9. The number of furan rings is 1. The fourth-order valence-corrected chi connectivity index (χ4v) is 7.48. The molecule has 0 aliphatic rings. The number of carbonyl (C=O) groups excluding carboxylic acids is 1. The Balaban J connectivity index is 1.96. The van der Waals surface area contributed by atoms with Gasteiger partial charge in [-0.15, -0.1) is 0 Å². The van der Waals surface area contributed by atoms with E-state index in [9.17, 15) is 17.8 Å². The number of amides is 1. The Hall–Kier alpha value is -1.95. The summed E-state index contributed by atoms with van der Waals surface area (Å²) in [4.78, 5) is 17.5. The molecule has 1 aromatic carbocycles. The first-order chi connectivity index (χ1) is 17.9. The van der Waals surface area contributed by atoms with Crippen molar-refractivity contribution in [2.75, 3.05) is 43.6 Å². The monoisotopic (exact) mass is 675 g/mol. The highest BCUT2D eigenvalue weighted by atomic mass is 127. The highest BCUT2D eigenvalue weighted by molar-refractivity contribution is 14.1. The molecule has 0 saturated carbocycles. The second kappa shape index (κ2) is 12.9. The molecule has 0 bridgehead atoms. The van der Waals surface area contributed by atoms with Gasteiger partial charge in [0.1, 0.15) is 5.76 Å². The van der Waals surface area contributed by atoms with Crippen molar-refractivity contribution in [3.8, 4) is 11.3 Å². The van der Waals surface area contributed by atoms with E-state index in [2.05, 4.69) is 17.2 Å². The van der Waals surface area contributed by atoms with Gasteiger partial charge >= 0.3 is 0 Å². The zero-order valence-electron chi connectivity index (χ0n) is 22.4. The van der Waals surface area contributed by atoms with Crippen LogP contribution in [0.2, 0.25) is 0 Å². The second-order valence-electron chi connectivity index (χ2n) is 9.13. The van der Waals surface area contributed by atoms with Gasteiger partial charge in [-0.3, -0.25) is 13.7 Å². The Morgan fingerprint density at radius 2 is 1.87 bits per heavy atom. The molecule has 2 aromatic heterocycles. The van der Waals surface area contributed by atoms with Gasteiger partial charge in [-0.2, -0.15) is 4.98 Å². The first-order valence-corrected chi connectivity index (χ1v) is 17.7. The summed E-state index contributed by atoms with van der Waals surface area (Å²) >= 11 is 2.04. The predicted octanol–water partition coefficient (Wildman–Crippen LogP) is 5.90. The molecule has 1 N–H and O–H groups in total.